The van der Waals surface area contributed by atoms with Crippen LogP contribution in [0.15, 0.2) is 12.1 Å². The van der Waals surface area contributed by atoms with E-state index in [1.807, 2.05) is 6.07 Å². The molecule has 2 aliphatic carbocycles. The van der Waals surface area contributed by atoms with Crippen molar-refractivity contribution in [3.05, 3.63) is 23.3 Å². The maximum absolute atomic E-state index is 12.5. The highest BCUT2D eigenvalue weighted by Crippen LogP contribution is 2.62. The SMILES string of the molecule is CN1CC[C@]23c4c5ccc(O)c4O[C@H]2C(=O)CC(O)C3[C@H]1C5. The number of nitrogens with zero attached hydrogens (tertiary/aromatic N) is 1. The fourth-order valence-corrected chi connectivity index (χ4v) is 5.58. The first-order valence-electron chi connectivity index (χ1n) is 7.97. The number of hydrogen-bond acceptors (Lipinski definition) is 5. The van der Waals surface area contributed by atoms with Crippen molar-refractivity contribution in [2.24, 2.45) is 5.92 Å². The van der Waals surface area contributed by atoms with Gasteiger partial charge in [-0.25, -0.2) is 0 Å². The maximum Gasteiger partial charge on any atom is 0.176 e. The van der Waals surface area contributed by atoms with Crippen molar-refractivity contribution in [2.75, 3.05) is 13.6 Å². The van der Waals surface area contributed by atoms with Crippen molar-refractivity contribution in [3.63, 3.8) is 0 Å². The number of phenols is 1. The molecule has 5 heteroatoms. The molecular weight excluding hydrogens is 282 g/mol. The molecule has 5 nitrogen and oxygen atoms in total. The molecule has 1 spiro atoms. The smallest absolute Gasteiger partial charge is 0.176 e. The number of likely N-dealkylation sites (N-methyl/N-ethyl adjacent to an activating group) is 1. The van der Waals surface area contributed by atoms with Gasteiger partial charge in [0, 0.05) is 23.9 Å². The van der Waals surface area contributed by atoms with Crippen LogP contribution < -0.4 is 4.74 Å². The van der Waals surface area contributed by atoms with Crippen molar-refractivity contribution in [3.8, 4) is 11.5 Å². The first-order chi connectivity index (χ1) is 10.5. The minimum Gasteiger partial charge on any atom is -0.504 e. The molecule has 0 amide bonds. The third-order valence-electron chi connectivity index (χ3n) is 6.39. The predicted molar refractivity (Wildman–Crippen MR) is 78.1 cm³/mol. The fourth-order valence-electron chi connectivity index (χ4n) is 5.58. The fraction of sp³-hybridized carbons (Fsp3) is 0.588. The van der Waals surface area contributed by atoms with Crippen LogP contribution in [0, 0.1) is 5.92 Å². The Balaban J connectivity index is 1.84. The van der Waals surface area contributed by atoms with E-state index in [1.165, 1.54) is 0 Å². The molecule has 1 saturated heterocycles. The number of carbonyl (C=O) groups is 1. The molecule has 2 aliphatic heterocycles. The van der Waals surface area contributed by atoms with Gasteiger partial charge in [0.05, 0.1) is 11.5 Å². The third-order valence-corrected chi connectivity index (χ3v) is 6.39. The summed E-state index contributed by atoms with van der Waals surface area (Å²) < 4.78 is 5.98. The number of ketones is 1. The Morgan fingerprint density at radius 1 is 1.36 bits per heavy atom. The van der Waals surface area contributed by atoms with Gasteiger partial charge >= 0.3 is 0 Å². The van der Waals surface area contributed by atoms with Crippen LogP contribution in [-0.4, -0.2) is 52.7 Å². The first kappa shape index (κ1) is 12.9. The number of piperidine rings is 1. The number of aliphatic hydroxyl groups excluding tert-OH is 1. The van der Waals surface area contributed by atoms with E-state index in [0.29, 0.717) is 5.75 Å². The molecule has 2 N–H and O–H groups in total. The van der Waals surface area contributed by atoms with E-state index in [9.17, 15) is 15.0 Å². The highest BCUT2D eigenvalue weighted by Gasteiger charge is 2.67. The van der Waals surface area contributed by atoms with Crippen LogP contribution >= 0.6 is 0 Å². The summed E-state index contributed by atoms with van der Waals surface area (Å²) in [5, 5.41) is 20.9. The molecule has 2 bridgehead atoms. The zero-order chi connectivity index (χ0) is 15.2. The summed E-state index contributed by atoms with van der Waals surface area (Å²) in [6.45, 7) is 0.884. The summed E-state index contributed by atoms with van der Waals surface area (Å²) >= 11 is 0. The lowest BCUT2D eigenvalue weighted by molar-refractivity contribution is -0.151. The van der Waals surface area contributed by atoms with E-state index >= 15 is 0 Å². The van der Waals surface area contributed by atoms with Crippen molar-refractivity contribution < 1.29 is 19.7 Å². The number of aromatic hydroxyl groups is 1. The second kappa shape index (κ2) is 3.84. The quantitative estimate of drug-likeness (QED) is 0.734. The lowest BCUT2D eigenvalue weighted by Gasteiger charge is -2.58. The lowest BCUT2D eigenvalue weighted by atomic mass is 9.51. The van der Waals surface area contributed by atoms with Gasteiger partial charge in [-0.1, -0.05) is 6.07 Å². The second-order valence-corrected chi connectivity index (χ2v) is 7.25. The predicted octanol–water partition coefficient (Wildman–Crippen LogP) is 0.601. The normalized spacial score (nSPS) is 42.0. The summed E-state index contributed by atoms with van der Waals surface area (Å²) in [6.07, 6.45) is 0.626. The number of carbonyl (C=O) groups excluding carboxylic acids is 1. The molecule has 1 aromatic rings. The van der Waals surface area contributed by atoms with Crippen molar-refractivity contribution in [1.82, 2.24) is 4.90 Å². The molecule has 5 atom stereocenters. The number of aliphatic hydroxyl groups is 1. The largest absolute Gasteiger partial charge is 0.504 e. The van der Waals surface area contributed by atoms with Crippen LogP contribution in [-0.2, 0) is 16.6 Å². The van der Waals surface area contributed by atoms with Gasteiger partial charge in [0.1, 0.15) is 0 Å². The van der Waals surface area contributed by atoms with Crippen LogP contribution in [0.3, 0.4) is 0 Å². The Bertz CT molecular complexity index is 702. The molecule has 0 radical (unpaired) electrons. The van der Waals surface area contributed by atoms with Gasteiger partial charge in [0.2, 0.25) is 0 Å². The van der Waals surface area contributed by atoms with E-state index in [2.05, 4.69) is 11.9 Å². The van der Waals surface area contributed by atoms with E-state index < -0.39 is 17.6 Å². The number of Topliss-reactive ketones (excluding diaryl/α,β-unsaturated/α-hetero) is 1. The zero-order valence-corrected chi connectivity index (χ0v) is 12.5. The van der Waals surface area contributed by atoms with E-state index in [0.717, 1.165) is 30.5 Å². The maximum atomic E-state index is 12.5. The lowest BCUT2D eigenvalue weighted by Crippen LogP contribution is -2.69. The summed E-state index contributed by atoms with van der Waals surface area (Å²) in [4.78, 5) is 14.8. The number of likely N-dealkylation sites (tertiary alicyclic amines) is 1. The monoisotopic (exact) mass is 301 g/mol. The molecule has 22 heavy (non-hydrogen) atoms. The molecule has 4 aliphatic rings. The summed E-state index contributed by atoms with van der Waals surface area (Å²) in [5.74, 6) is 0.568. The molecule has 0 aromatic heterocycles. The Morgan fingerprint density at radius 2 is 2.18 bits per heavy atom. The summed E-state index contributed by atoms with van der Waals surface area (Å²) in [6, 6.07) is 3.85. The Labute approximate surface area is 128 Å². The van der Waals surface area contributed by atoms with Gasteiger partial charge in [-0.3, -0.25) is 4.79 Å². The molecular formula is C17H19NO4. The third kappa shape index (κ3) is 1.23. The van der Waals surface area contributed by atoms with Gasteiger partial charge in [-0.2, -0.15) is 0 Å². The number of rotatable bonds is 0. The summed E-state index contributed by atoms with van der Waals surface area (Å²) in [7, 11) is 2.10. The minimum atomic E-state index is -0.624. The molecule has 2 fully saturated rings. The highest BCUT2D eigenvalue weighted by molar-refractivity contribution is 5.89. The Kier molecular flexibility index (Phi) is 2.25. The minimum absolute atomic E-state index is 0.00417. The molecule has 2 heterocycles. The number of ether oxygens (including phenoxy) is 1. The average molecular weight is 301 g/mol. The molecule has 116 valence electrons. The van der Waals surface area contributed by atoms with Crippen LogP contribution in [0.1, 0.15) is 24.0 Å². The molecule has 2 unspecified atom stereocenters. The molecule has 1 saturated carbocycles. The molecule has 5 rings (SSSR count). The first-order valence-corrected chi connectivity index (χ1v) is 7.97. The standard InChI is InChI=1S/C17H19NO4/c1-18-5-4-17-13-8-2-3-10(19)15(13)22-16(17)12(21)7-11(20)14(17)9(18)6-8/h2-3,9,11,14,16,19-20H,4-7H2,1H3/t9-,11?,14?,16+,17-/m1/s1. The summed E-state index contributed by atoms with van der Waals surface area (Å²) in [5.41, 5.74) is 1.71. The molecule has 1 aromatic carbocycles. The van der Waals surface area contributed by atoms with Gasteiger partial charge < -0.3 is 19.8 Å². The number of phenolic OH excluding ortho intramolecular Hbond substituents is 1. The number of benzene rings is 1. The van der Waals surface area contributed by atoms with Gasteiger partial charge in [0.25, 0.3) is 0 Å². The van der Waals surface area contributed by atoms with E-state index in [-0.39, 0.29) is 29.9 Å². The number of hydrogen-bond donors (Lipinski definition) is 2. The van der Waals surface area contributed by atoms with Crippen molar-refractivity contribution in [2.45, 2.75) is 42.9 Å². The highest BCUT2D eigenvalue weighted by atomic mass is 16.5. The van der Waals surface area contributed by atoms with Crippen LogP contribution in [0.25, 0.3) is 0 Å². The van der Waals surface area contributed by atoms with Crippen molar-refractivity contribution in [1.29, 1.82) is 0 Å². The van der Waals surface area contributed by atoms with Gasteiger partial charge in [0.15, 0.2) is 23.4 Å². The van der Waals surface area contributed by atoms with Gasteiger partial charge in [-0.15, -0.1) is 0 Å². The van der Waals surface area contributed by atoms with Crippen molar-refractivity contribution >= 4 is 5.78 Å². The average Bonchev–Trinajstić information content (AvgIpc) is 2.83. The topological polar surface area (TPSA) is 70.0 Å². The van der Waals surface area contributed by atoms with Crippen LogP contribution in [0.5, 0.6) is 11.5 Å². The van der Waals surface area contributed by atoms with Crippen LogP contribution in [0.4, 0.5) is 0 Å². The second-order valence-electron chi connectivity index (χ2n) is 7.25. The Hall–Kier alpha value is -1.59. The zero-order valence-electron chi connectivity index (χ0n) is 12.5. The van der Waals surface area contributed by atoms with E-state index in [4.69, 9.17) is 4.74 Å². The van der Waals surface area contributed by atoms with E-state index in [1.54, 1.807) is 6.07 Å². The Morgan fingerprint density at radius 3 is 3.00 bits per heavy atom. The van der Waals surface area contributed by atoms with Crippen LogP contribution in [0.2, 0.25) is 0 Å². The van der Waals surface area contributed by atoms with Gasteiger partial charge in [-0.05, 0) is 38.1 Å².